The third-order valence-corrected chi connectivity index (χ3v) is 6.44. The molecule has 0 spiro atoms. The van der Waals surface area contributed by atoms with Crippen molar-refractivity contribution in [3.05, 3.63) is 26.6 Å². The molecule has 0 atom stereocenters. The fourth-order valence-corrected chi connectivity index (χ4v) is 4.75. The Hall–Kier alpha value is 0.01000. The van der Waals surface area contributed by atoms with Crippen LogP contribution >= 0.6 is 31.9 Å². The van der Waals surface area contributed by atoms with Crippen LogP contribution in [0.2, 0.25) is 0 Å². The lowest BCUT2D eigenvalue weighted by molar-refractivity contribution is 0.135. The van der Waals surface area contributed by atoms with Gasteiger partial charge in [-0.05, 0) is 47.6 Å². The van der Waals surface area contributed by atoms with Crippen molar-refractivity contribution in [2.45, 2.75) is 11.8 Å². The van der Waals surface area contributed by atoms with Crippen LogP contribution < -0.4 is 4.83 Å². The first-order valence-electron chi connectivity index (χ1n) is 6.21. The van der Waals surface area contributed by atoms with Crippen LogP contribution in [0.4, 0.5) is 0 Å². The number of nitrogens with zero attached hydrogens (tertiary/aromatic N) is 2. The van der Waals surface area contributed by atoms with Gasteiger partial charge in [0.1, 0.15) is 0 Å². The summed E-state index contributed by atoms with van der Waals surface area (Å²) in [6.45, 7) is 4.97. The van der Waals surface area contributed by atoms with Crippen LogP contribution in [-0.2, 0) is 10.0 Å². The minimum absolute atomic E-state index is 0.244. The number of sulfonamides is 1. The molecule has 20 heavy (non-hydrogen) atoms. The molecule has 112 valence electrons. The quantitative estimate of drug-likeness (QED) is 0.802. The highest BCUT2D eigenvalue weighted by Gasteiger charge is 2.23. The minimum atomic E-state index is -3.57. The number of rotatable bonds is 3. The summed E-state index contributed by atoms with van der Waals surface area (Å²) in [5.41, 5.74) is 0.982. The molecule has 0 aliphatic carbocycles. The third kappa shape index (κ3) is 3.80. The predicted molar refractivity (Wildman–Crippen MR) is 86.0 cm³/mol. The Morgan fingerprint density at radius 1 is 1.10 bits per heavy atom. The fraction of sp³-hybridized carbons (Fsp3) is 0.500. The van der Waals surface area contributed by atoms with Crippen LogP contribution in [-0.4, -0.2) is 51.6 Å². The number of hydrogen-bond acceptors (Lipinski definition) is 4. The van der Waals surface area contributed by atoms with Gasteiger partial charge in [-0.25, -0.2) is 13.4 Å². The van der Waals surface area contributed by atoms with Gasteiger partial charge in [-0.2, -0.15) is 0 Å². The van der Waals surface area contributed by atoms with Crippen molar-refractivity contribution < 1.29 is 8.42 Å². The molecular weight excluding hydrogens is 410 g/mol. The van der Waals surface area contributed by atoms with Crippen molar-refractivity contribution in [2.75, 3.05) is 33.2 Å². The van der Waals surface area contributed by atoms with Crippen molar-refractivity contribution >= 4 is 41.9 Å². The molecule has 1 aliphatic rings. The maximum atomic E-state index is 12.4. The van der Waals surface area contributed by atoms with Crippen molar-refractivity contribution in [3.8, 4) is 0 Å². The molecule has 0 aromatic heterocycles. The Kier molecular flexibility index (Phi) is 5.25. The number of halogens is 2. The van der Waals surface area contributed by atoms with Crippen LogP contribution in [0.1, 0.15) is 5.56 Å². The van der Waals surface area contributed by atoms with Gasteiger partial charge in [-0.3, -0.25) is 0 Å². The highest BCUT2D eigenvalue weighted by molar-refractivity contribution is 9.11. The maximum absolute atomic E-state index is 12.4. The van der Waals surface area contributed by atoms with Gasteiger partial charge >= 0.3 is 0 Å². The summed E-state index contributed by atoms with van der Waals surface area (Å²) in [7, 11) is -1.54. The summed E-state index contributed by atoms with van der Waals surface area (Å²) in [4.78, 5) is 5.06. The first-order chi connectivity index (χ1) is 9.29. The third-order valence-electron chi connectivity index (χ3n) is 3.26. The molecule has 0 unspecified atom stereocenters. The van der Waals surface area contributed by atoms with E-state index in [0.717, 1.165) is 23.1 Å². The smallest absolute Gasteiger partial charge is 0.254 e. The Labute approximate surface area is 136 Å². The van der Waals surface area contributed by atoms with Gasteiger partial charge in [0.05, 0.1) is 4.90 Å². The number of aryl methyl sites for hydroxylation is 1. The molecule has 1 saturated heterocycles. The summed E-state index contributed by atoms with van der Waals surface area (Å²) in [6.07, 6.45) is 0. The lowest BCUT2D eigenvalue weighted by Gasteiger charge is -2.32. The molecule has 0 bridgehead atoms. The van der Waals surface area contributed by atoms with Crippen molar-refractivity contribution in [1.82, 2.24) is 14.7 Å². The number of benzene rings is 1. The highest BCUT2D eigenvalue weighted by atomic mass is 79.9. The van der Waals surface area contributed by atoms with Gasteiger partial charge in [-0.1, -0.05) is 15.9 Å². The van der Waals surface area contributed by atoms with Gasteiger partial charge < -0.3 is 4.90 Å². The van der Waals surface area contributed by atoms with Gasteiger partial charge in [0.15, 0.2) is 0 Å². The molecule has 1 aromatic rings. The number of hydrazine groups is 1. The van der Waals surface area contributed by atoms with Crippen molar-refractivity contribution in [3.63, 3.8) is 0 Å². The van der Waals surface area contributed by atoms with E-state index in [9.17, 15) is 8.42 Å². The van der Waals surface area contributed by atoms with E-state index in [0.29, 0.717) is 17.6 Å². The van der Waals surface area contributed by atoms with Crippen LogP contribution in [0.25, 0.3) is 0 Å². The zero-order valence-electron chi connectivity index (χ0n) is 11.4. The Morgan fingerprint density at radius 3 is 2.30 bits per heavy atom. The van der Waals surface area contributed by atoms with Gasteiger partial charge in [-0.15, -0.1) is 4.83 Å². The number of nitrogens with one attached hydrogen (secondary N) is 1. The summed E-state index contributed by atoms with van der Waals surface area (Å²) in [5, 5.41) is 1.75. The second-order valence-corrected chi connectivity index (χ2v) is 8.25. The minimum Gasteiger partial charge on any atom is -0.304 e. The molecule has 2 rings (SSSR count). The van der Waals surface area contributed by atoms with Crippen molar-refractivity contribution in [1.29, 1.82) is 0 Å². The molecule has 1 N–H and O–H groups in total. The lowest BCUT2D eigenvalue weighted by Crippen LogP contribution is -2.52. The SMILES string of the molecule is Cc1cc(Br)c(S(=O)(=O)NN2CCN(C)CC2)cc1Br. The molecule has 1 heterocycles. The molecular formula is C12H17Br2N3O2S. The Balaban J connectivity index is 2.20. The molecule has 1 fully saturated rings. The predicted octanol–water partition coefficient (Wildman–Crippen LogP) is 1.96. The van der Waals surface area contributed by atoms with E-state index in [2.05, 4.69) is 41.6 Å². The largest absolute Gasteiger partial charge is 0.304 e. The van der Waals surface area contributed by atoms with Gasteiger partial charge in [0.2, 0.25) is 0 Å². The molecule has 0 amide bonds. The van der Waals surface area contributed by atoms with Crippen LogP contribution in [0, 0.1) is 6.92 Å². The first-order valence-corrected chi connectivity index (χ1v) is 9.28. The second-order valence-electron chi connectivity index (χ2n) is 4.92. The van der Waals surface area contributed by atoms with E-state index in [1.54, 1.807) is 17.1 Å². The average molecular weight is 427 g/mol. The Morgan fingerprint density at radius 2 is 1.70 bits per heavy atom. The molecule has 1 aliphatic heterocycles. The molecule has 1 aromatic carbocycles. The highest BCUT2D eigenvalue weighted by Crippen LogP contribution is 2.28. The first kappa shape index (κ1) is 16.4. The number of likely N-dealkylation sites (N-methyl/N-ethyl adjacent to an activating group) is 1. The van der Waals surface area contributed by atoms with Gasteiger partial charge in [0.25, 0.3) is 10.0 Å². The Bertz CT molecular complexity index is 599. The van der Waals surface area contributed by atoms with E-state index < -0.39 is 10.0 Å². The van der Waals surface area contributed by atoms with Crippen LogP contribution in [0.3, 0.4) is 0 Å². The lowest BCUT2D eigenvalue weighted by atomic mass is 10.2. The summed E-state index contributed by atoms with van der Waals surface area (Å²) in [6, 6.07) is 3.42. The van der Waals surface area contributed by atoms with E-state index >= 15 is 0 Å². The monoisotopic (exact) mass is 425 g/mol. The molecule has 8 heteroatoms. The average Bonchev–Trinajstić information content (AvgIpc) is 2.36. The van der Waals surface area contributed by atoms with E-state index in [1.807, 2.05) is 14.0 Å². The number of hydrogen-bond donors (Lipinski definition) is 1. The second kappa shape index (κ2) is 6.41. The molecule has 0 saturated carbocycles. The van der Waals surface area contributed by atoms with E-state index in [-0.39, 0.29) is 4.90 Å². The van der Waals surface area contributed by atoms with Crippen LogP contribution in [0.15, 0.2) is 26.0 Å². The summed E-state index contributed by atoms with van der Waals surface area (Å²) in [5.74, 6) is 0. The van der Waals surface area contributed by atoms with Crippen LogP contribution in [0.5, 0.6) is 0 Å². The maximum Gasteiger partial charge on any atom is 0.254 e. The number of piperazine rings is 1. The topological polar surface area (TPSA) is 52.7 Å². The van der Waals surface area contributed by atoms with Crippen molar-refractivity contribution in [2.24, 2.45) is 0 Å². The zero-order chi connectivity index (χ0) is 14.9. The summed E-state index contributed by atoms with van der Waals surface area (Å²) < 4.78 is 26.2. The van der Waals surface area contributed by atoms with E-state index in [4.69, 9.17) is 0 Å². The van der Waals surface area contributed by atoms with E-state index in [1.165, 1.54) is 0 Å². The fourth-order valence-electron chi connectivity index (χ4n) is 1.95. The normalized spacial score (nSPS) is 18.4. The molecule has 0 radical (unpaired) electrons. The standard InChI is InChI=1S/C12H17Br2N3O2S/c1-9-7-11(14)12(8-10(9)13)20(18,19)15-17-5-3-16(2)4-6-17/h7-8,15H,3-6H2,1-2H3. The zero-order valence-corrected chi connectivity index (χ0v) is 15.3. The van der Waals surface area contributed by atoms with Gasteiger partial charge in [0, 0.05) is 35.1 Å². The summed E-state index contributed by atoms with van der Waals surface area (Å²) >= 11 is 6.70. The molecule has 5 nitrogen and oxygen atoms in total.